The molecular formula is C13H19N3O2. The van der Waals surface area contributed by atoms with E-state index < -0.39 is 5.54 Å². The number of hydrogen-bond acceptors (Lipinski definition) is 4. The highest BCUT2D eigenvalue weighted by molar-refractivity contribution is 5.85. The number of pyridine rings is 1. The summed E-state index contributed by atoms with van der Waals surface area (Å²) in [5, 5.41) is 0. The monoisotopic (exact) mass is 249 g/mol. The van der Waals surface area contributed by atoms with E-state index in [0.29, 0.717) is 32.7 Å². The molecule has 0 aromatic carbocycles. The smallest absolute Gasteiger partial charge is 0.244 e. The van der Waals surface area contributed by atoms with Gasteiger partial charge in [-0.05, 0) is 18.6 Å². The summed E-state index contributed by atoms with van der Waals surface area (Å²) >= 11 is 0. The fraction of sp³-hybridized carbons (Fsp3) is 0.538. The summed E-state index contributed by atoms with van der Waals surface area (Å²) in [6.45, 7) is 4.62. The molecule has 0 bridgehead atoms. The van der Waals surface area contributed by atoms with Gasteiger partial charge in [0.2, 0.25) is 5.91 Å². The van der Waals surface area contributed by atoms with Crippen molar-refractivity contribution < 1.29 is 9.53 Å². The van der Waals surface area contributed by atoms with Crippen LogP contribution in [0.15, 0.2) is 24.4 Å². The zero-order valence-corrected chi connectivity index (χ0v) is 10.6. The zero-order valence-electron chi connectivity index (χ0n) is 10.6. The van der Waals surface area contributed by atoms with E-state index in [9.17, 15) is 4.79 Å². The predicted molar refractivity (Wildman–Crippen MR) is 67.8 cm³/mol. The van der Waals surface area contributed by atoms with Crippen LogP contribution < -0.4 is 5.73 Å². The molecule has 2 heterocycles. The molecule has 1 amide bonds. The van der Waals surface area contributed by atoms with Crippen molar-refractivity contribution in [2.45, 2.75) is 18.9 Å². The van der Waals surface area contributed by atoms with Gasteiger partial charge in [0.25, 0.3) is 0 Å². The highest BCUT2D eigenvalue weighted by Crippen LogP contribution is 2.31. The van der Waals surface area contributed by atoms with Crippen LogP contribution in [0.4, 0.5) is 0 Å². The number of aromatic nitrogens is 1. The van der Waals surface area contributed by atoms with Crippen molar-refractivity contribution in [2.75, 3.05) is 26.3 Å². The van der Waals surface area contributed by atoms with Crippen LogP contribution in [-0.2, 0) is 15.1 Å². The van der Waals surface area contributed by atoms with Gasteiger partial charge < -0.3 is 10.5 Å². The molecule has 0 aliphatic carbocycles. The molecule has 1 unspecified atom stereocenters. The van der Waals surface area contributed by atoms with Crippen LogP contribution in [-0.4, -0.2) is 42.1 Å². The van der Waals surface area contributed by atoms with E-state index in [1.54, 1.807) is 6.20 Å². The number of rotatable bonds is 4. The maximum absolute atomic E-state index is 12.1. The lowest BCUT2D eigenvalue weighted by atomic mass is 9.88. The second-order valence-electron chi connectivity index (χ2n) is 4.39. The van der Waals surface area contributed by atoms with Crippen molar-refractivity contribution in [3.63, 3.8) is 0 Å². The lowest BCUT2D eigenvalue weighted by Gasteiger charge is -2.42. The Labute approximate surface area is 107 Å². The average molecular weight is 249 g/mol. The van der Waals surface area contributed by atoms with E-state index in [0.717, 1.165) is 5.69 Å². The minimum absolute atomic E-state index is 0.342. The van der Waals surface area contributed by atoms with E-state index in [1.807, 2.05) is 25.1 Å². The normalized spacial score (nSPS) is 20.3. The number of carbonyl (C=O) groups excluding carboxylic acids is 1. The minimum atomic E-state index is -0.814. The standard InChI is InChI=1S/C13H19N3O2/c1-2-13(12(14)17,11-5-3-4-6-15-11)16-7-9-18-10-8-16/h3-6H,2,7-10H2,1H3,(H2,14,17). The Kier molecular flexibility index (Phi) is 3.93. The van der Waals surface area contributed by atoms with Crippen molar-refractivity contribution in [2.24, 2.45) is 5.73 Å². The molecule has 0 saturated carbocycles. The van der Waals surface area contributed by atoms with Crippen LogP contribution in [0.25, 0.3) is 0 Å². The predicted octanol–water partition coefficient (Wildman–Crippen LogP) is 0.504. The summed E-state index contributed by atoms with van der Waals surface area (Å²) in [6, 6.07) is 5.59. The summed E-state index contributed by atoms with van der Waals surface area (Å²) in [6.07, 6.45) is 2.31. The fourth-order valence-electron chi connectivity index (χ4n) is 2.58. The topological polar surface area (TPSA) is 68.5 Å². The maximum Gasteiger partial charge on any atom is 0.244 e. The lowest BCUT2D eigenvalue weighted by molar-refractivity contribution is -0.135. The summed E-state index contributed by atoms with van der Waals surface area (Å²) in [7, 11) is 0. The third-order valence-corrected chi connectivity index (χ3v) is 3.56. The van der Waals surface area contributed by atoms with E-state index >= 15 is 0 Å². The molecule has 2 rings (SSSR count). The highest BCUT2D eigenvalue weighted by atomic mass is 16.5. The van der Waals surface area contributed by atoms with E-state index in [4.69, 9.17) is 10.5 Å². The van der Waals surface area contributed by atoms with Crippen molar-refractivity contribution >= 4 is 5.91 Å². The van der Waals surface area contributed by atoms with Crippen LogP contribution in [0.5, 0.6) is 0 Å². The third kappa shape index (κ3) is 2.11. The van der Waals surface area contributed by atoms with Crippen molar-refractivity contribution in [1.29, 1.82) is 0 Å². The minimum Gasteiger partial charge on any atom is -0.379 e. The average Bonchev–Trinajstić information content (AvgIpc) is 2.42. The lowest BCUT2D eigenvalue weighted by Crippen LogP contribution is -2.58. The first-order valence-electron chi connectivity index (χ1n) is 6.26. The van der Waals surface area contributed by atoms with E-state index in [1.165, 1.54) is 0 Å². The molecule has 1 aromatic rings. The summed E-state index contributed by atoms with van der Waals surface area (Å²) in [5.41, 5.74) is 5.59. The molecule has 0 spiro atoms. The third-order valence-electron chi connectivity index (χ3n) is 3.56. The van der Waals surface area contributed by atoms with Crippen molar-refractivity contribution in [3.8, 4) is 0 Å². The second kappa shape index (κ2) is 5.46. The molecule has 0 radical (unpaired) electrons. The number of primary amides is 1. The SMILES string of the molecule is CCC(C(N)=O)(c1ccccn1)N1CCOCC1. The number of morpholine rings is 1. The Balaban J connectivity index is 2.42. The summed E-state index contributed by atoms with van der Waals surface area (Å²) in [4.78, 5) is 18.5. The number of amides is 1. The van der Waals surface area contributed by atoms with Gasteiger partial charge in [-0.3, -0.25) is 14.7 Å². The highest BCUT2D eigenvalue weighted by Gasteiger charge is 2.44. The molecule has 98 valence electrons. The Morgan fingerprint density at radius 2 is 2.22 bits per heavy atom. The van der Waals surface area contributed by atoms with E-state index in [2.05, 4.69) is 9.88 Å². The van der Waals surface area contributed by atoms with Gasteiger partial charge in [0.15, 0.2) is 0 Å². The first-order chi connectivity index (χ1) is 8.71. The fourth-order valence-corrected chi connectivity index (χ4v) is 2.58. The number of nitrogens with two attached hydrogens (primary N) is 1. The quantitative estimate of drug-likeness (QED) is 0.844. The first kappa shape index (κ1) is 13.0. The Hall–Kier alpha value is -1.46. The molecule has 5 nitrogen and oxygen atoms in total. The van der Waals surface area contributed by atoms with Gasteiger partial charge >= 0.3 is 0 Å². The Morgan fingerprint density at radius 3 is 2.72 bits per heavy atom. The second-order valence-corrected chi connectivity index (χ2v) is 4.39. The van der Waals surface area contributed by atoms with Gasteiger partial charge in [-0.15, -0.1) is 0 Å². The summed E-state index contributed by atoms with van der Waals surface area (Å²) < 4.78 is 5.34. The maximum atomic E-state index is 12.1. The molecule has 1 atom stereocenters. The van der Waals surface area contributed by atoms with Gasteiger partial charge in [-0.25, -0.2) is 0 Å². The van der Waals surface area contributed by atoms with Crippen molar-refractivity contribution in [1.82, 2.24) is 9.88 Å². The molecule has 1 aliphatic heterocycles. The number of nitrogens with zero attached hydrogens (tertiary/aromatic N) is 2. The van der Waals surface area contributed by atoms with E-state index in [-0.39, 0.29) is 5.91 Å². The molecule has 1 aromatic heterocycles. The molecule has 2 N–H and O–H groups in total. The number of carbonyl (C=O) groups is 1. The molecule has 5 heteroatoms. The van der Waals surface area contributed by atoms with Gasteiger partial charge in [-0.1, -0.05) is 13.0 Å². The zero-order chi connectivity index (χ0) is 13.0. The number of ether oxygens (including phenoxy) is 1. The van der Waals surface area contributed by atoms with Crippen molar-refractivity contribution in [3.05, 3.63) is 30.1 Å². The van der Waals surface area contributed by atoms with Crippen LogP contribution in [0.1, 0.15) is 19.0 Å². The molecule has 18 heavy (non-hydrogen) atoms. The van der Waals surface area contributed by atoms with Gasteiger partial charge in [0.05, 0.1) is 18.9 Å². The molecular weight excluding hydrogens is 230 g/mol. The molecule has 1 fully saturated rings. The molecule has 1 aliphatic rings. The Morgan fingerprint density at radius 1 is 1.50 bits per heavy atom. The van der Waals surface area contributed by atoms with Crippen LogP contribution in [0, 0.1) is 0 Å². The Bertz CT molecular complexity index is 404. The van der Waals surface area contributed by atoms with Gasteiger partial charge in [-0.2, -0.15) is 0 Å². The first-order valence-corrected chi connectivity index (χ1v) is 6.26. The number of hydrogen-bond donors (Lipinski definition) is 1. The van der Waals surface area contributed by atoms with Gasteiger partial charge in [0.1, 0.15) is 5.54 Å². The van der Waals surface area contributed by atoms with Gasteiger partial charge in [0, 0.05) is 19.3 Å². The van der Waals surface area contributed by atoms with Crippen LogP contribution in [0.3, 0.4) is 0 Å². The molecule has 1 saturated heterocycles. The summed E-state index contributed by atoms with van der Waals surface area (Å²) in [5.74, 6) is -0.342. The largest absolute Gasteiger partial charge is 0.379 e. The van der Waals surface area contributed by atoms with Crippen LogP contribution >= 0.6 is 0 Å². The van der Waals surface area contributed by atoms with Crippen LogP contribution in [0.2, 0.25) is 0 Å².